The van der Waals surface area contributed by atoms with Crippen LogP contribution in [0.25, 0.3) is 0 Å². The Labute approximate surface area is 238 Å². The van der Waals surface area contributed by atoms with Crippen LogP contribution in [0.2, 0.25) is 0 Å². The number of carboxylic acids is 1. The number of aliphatic carboxylic acids is 1. The maximum atomic E-state index is 13.5. The molecule has 0 saturated carbocycles. The van der Waals surface area contributed by atoms with E-state index in [-0.39, 0.29) is 30.9 Å². The molecule has 3 rings (SSSR count). The average molecular weight is 588 g/mol. The first-order valence-electron chi connectivity index (χ1n) is 12.9. The lowest BCUT2D eigenvalue weighted by molar-refractivity contribution is -0.135. The van der Waals surface area contributed by atoms with Crippen molar-refractivity contribution in [3.8, 4) is 0 Å². The first kappa shape index (κ1) is 36.7. The second-order valence-electron chi connectivity index (χ2n) is 8.21. The van der Waals surface area contributed by atoms with Crippen molar-refractivity contribution in [1.82, 2.24) is 15.2 Å². The number of thioether (sulfide) groups is 1. The fraction of sp³-hybridized carbons (Fsp3) is 0.481. The van der Waals surface area contributed by atoms with E-state index in [1.54, 1.807) is 28.8 Å². The largest absolute Gasteiger partial charge is 0.480 e. The van der Waals surface area contributed by atoms with E-state index in [4.69, 9.17) is 10.8 Å². The number of nitrogens with two attached hydrogens (primary N) is 1. The molecule has 1 aliphatic rings. The SMILES string of the molecule is CC.CCC.N[C@@H](CC(=O)N1CCSC1)Cc1cc(F)c(F)cc1F.O=CNCc1ccc(NCC(=O)O)cn1. The van der Waals surface area contributed by atoms with E-state index in [9.17, 15) is 27.6 Å². The second kappa shape index (κ2) is 21.5. The smallest absolute Gasteiger partial charge is 0.322 e. The standard InChI is InChI=1S/C13H15F3N2OS.C9H11N3O3.C3H8.C2H6/c14-10-6-12(16)11(15)4-8(10)3-9(17)5-13(19)18-1-2-20-7-18;13-6-10-3-7-1-2-8(4-11-7)12-5-9(14)15;1-3-2;1-2/h4,6,9H,1-3,5,7,17H2;1-2,4,6,12H,3,5H2,(H,10,13)(H,14,15);3H2,1-2H3;1-2H3/t9-;;;/m1.../s1. The van der Waals surface area contributed by atoms with E-state index in [1.807, 2.05) is 13.8 Å². The van der Waals surface area contributed by atoms with E-state index in [2.05, 4.69) is 29.5 Å². The third kappa shape index (κ3) is 15.3. The van der Waals surface area contributed by atoms with Crippen molar-refractivity contribution < 1.29 is 32.7 Å². The molecule has 224 valence electrons. The van der Waals surface area contributed by atoms with E-state index in [1.165, 1.54) is 12.6 Å². The molecular weight excluding hydrogens is 547 g/mol. The summed E-state index contributed by atoms with van der Waals surface area (Å²) in [4.78, 5) is 37.8. The number of hydrogen-bond acceptors (Lipinski definition) is 7. The van der Waals surface area contributed by atoms with Crippen molar-refractivity contribution in [2.24, 2.45) is 5.73 Å². The first-order chi connectivity index (χ1) is 19.1. The van der Waals surface area contributed by atoms with Crippen molar-refractivity contribution in [2.45, 2.75) is 59.5 Å². The summed E-state index contributed by atoms with van der Waals surface area (Å²) in [7, 11) is 0. The molecule has 1 atom stereocenters. The molecule has 1 saturated heterocycles. The van der Waals surface area contributed by atoms with Crippen molar-refractivity contribution in [3.05, 3.63) is 59.2 Å². The van der Waals surface area contributed by atoms with Crippen molar-refractivity contribution in [3.63, 3.8) is 0 Å². The normalized spacial score (nSPS) is 12.3. The number of rotatable bonds is 10. The number of benzene rings is 1. The van der Waals surface area contributed by atoms with Gasteiger partial charge in [0.2, 0.25) is 12.3 Å². The molecule has 0 radical (unpaired) electrons. The number of nitrogens with one attached hydrogen (secondary N) is 2. The zero-order valence-corrected chi connectivity index (χ0v) is 24.2. The molecule has 40 heavy (non-hydrogen) atoms. The van der Waals surface area contributed by atoms with Crippen LogP contribution in [0.3, 0.4) is 0 Å². The van der Waals surface area contributed by atoms with Gasteiger partial charge in [-0.3, -0.25) is 19.4 Å². The number of aromatic nitrogens is 1. The lowest BCUT2D eigenvalue weighted by Crippen LogP contribution is -2.35. The summed E-state index contributed by atoms with van der Waals surface area (Å²) in [5.41, 5.74) is 7.12. The summed E-state index contributed by atoms with van der Waals surface area (Å²) >= 11 is 1.66. The Morgan fingerprint density at radius 2 is 1.82 bits per heavy atom. The highest BCUT2D eigenvalue weighted by atomic mass is 32.2. The van der Waals surface area contributed by atoms with Crippen LogP contribution in [-0.2, 0) is 27.3 Å². The van der Waals surface area contributed by atoms with Gasteiger partial charge in [0, 0.05) is 30.8 Å². The third-order valence-electron chi connectivity index (χ3n) is 4.75. The van der Waals surface area contributed by atoms with Gasteiger partial charge >= 0.3 is 5.97 Å². The zero-order valence-electron chi connectivity index (χ0n) is 23.4. The molecule has 1 fully saturated rings. The van der Waals surface area contributed by atoms with Crippen molar-refractivity contribution in [2.75, 3.05) is 30.0 Å². The van der Waals surface area contributed by atoms with Crippen LogP contribution in [0.1, 0.15) is 51.8 Å². The molecule has 0 aliphatic carbocycles. The van der Waals surface area contributed by atoms with Gasteiger partial charge in [0.05, 0.1) is 30.0 Å². The molecule has 1 aliphatic heterocycles. The van der Waals surface area contributed by atoms with Crippen LogP contribution in [0.15, 0.2) is 30.5 Å². The highest BCUT2D eigenvalue weighted by molar-refractivity contribution is 7.99. The average Bonchev–Trinajstić information content (AvgIpc) is 3.47. The third-order valence-corrected chi connectivity index (χ3v) is 5.71. The minimum atomic E-state index is -1.23. The number of halogens is 3. The molecule has 9 nitrogen and oxygen atoms in total. The fourth-order valence-corrected chi connectivity index (χ4v) is 3.97. The summed E-state index contributed by atoms with van der Waals surface area (Å²) in [5, 5.41) is 13.6. The predicted octanol–water partition coefficient (Wildman–Crippen LogP) is 4.16. The molecule has 1 aromatic carbocycles. The molecule has 2 amide bonds. The van der Waals surface area contributed by atoms with Gasteiger partial charge in [0.25, 0.3) is 0 Å². The number of anilines is 1. The Morgan fingerprint density at radius 1 is 1.18 bits per heavy atom. The molecular formula is C27H40F3N5O4S. The number of nitrogens with zero attached hydrogens (tertiary/aromatic N) is 2. The van der Waals surface area contributed by atoms with Gasteiger partial charge in [-0.2, -0.15) is 0 Å². The van der Waals surface area contributed by atoms with Gasteiger partial charge in [0.1, 0.15) is 12.4 Å². The Hall–Kier alpha value is -3.32. The summed E-state index contributed by atoms with van der Waals surface area (Å²) in [6.45, 7) is 9.16. The van der Waals surface area contributed by atoms with E-state index in [0.29, 0.717) is 42.8 Å². The molecule has 0 bridgehead atoms. The van der Waals surface area contributed by atoms with E-state index >= 15 is 0 Å². The number of carboxylic acid groups (broad SMARTS) is 1. The molecule has 2 heterocycles. The second-order valence-corrected chi connectivity index (χ2v) is 9.29. The fourth-order valence-electron chi connectivity index (χ4n) is 3.00. The van der Waals surface area contributed by atoms with Crippen LogP contribution in [0, 0.1) is 17.5 Å². The topological polar surface area (TPSA) is 138 Å². The Kier molecular flexibility index (Phi) is 19.7. The summed E-state index contributed by atoms with van der Waals surface area (Å²) in [6, 6.07) is 4.09. The number of carbonyl (C=O) groups is 3. The van der Waals surface area contributed by atoms with Crippen molar-refractivity contribution in [1.29, 1.82) is 0 Å². The first-order valence-corrected chi connectivity index (χ1v) is 14.1. The Bertz CT molecular complexity index is 1030. The molecule has 0 spiro atoms. The van der Waals surface area contributed by atoms with Crippen LogP contribution >= 0.6 is 11.8 Å². The van der Waals surface area contributed by atoms with Gasteiger partial charge in [-0.15, -0.1) is 11.8 Å². The summed E-state index contributed by atoms with van der Waals surface area (Å²) < 4.78 is 39.3. The molecule has 13 heteroatoms. The maximum absolute atomic E-state index is 13.5. The molecule has 1 aromatic heterocycles. The number of carbonyl (C=O) groups excluding carboxylic acids is 2. The lowest BCUT2D eigenvalue weighted by atomic mass is 10.0. The van der Waals surface area contributed by atoms with Gasteiger partial charge in [-0.05, 0) is 30.2 Å². The van der Waals surface area contributed by atoms with Gasteiger partial charge in [0.15, 0.2) is 11.6 Å². The maximum Gasteiger partial charge on any atom is 0.322 e. The zero-order chi connectivity index (χ0) is 30.5. The predicted molar refractivity (Wildman–Crippen MR) is 152 cm³/mol. The van der Waals surface area contributed by atoms with Crippen LogP contribution < -0.4 is 16.4 Å². The minimum absolute atomic E-state index is 0.00421. The summed E-state index contributed by atoms with van der Waals surface area (Å²) in [6.07, 6.45) is 3.43. The number of amides is 2. The number of hydrogen-bond donors (Lipinski definition) is 4. The monoisotopic (exact) mass is 587 g/mol. The molecule has 0 unspecified atom stereocenters. The van der Waals surface area contributed by atoms with Crippen LogP contribution in [0.4, 0.5) is 18.9 Å². The van der Waals surface area contributed by atoms with Gasteiger partial charge in [-0.25, -0.2) is 13.2 Å². The highest BCUT2D eigenvalue weighted by Crippen LogP contribution is 2.18. The van der Waals surface area contributed by atoms with E-state index in [0.717, 1.165) is 11.8 Å². The van der Waals surface area contributed by atoms with E-state index < -0.39 is 29.5 Å². The molecule has 5 N–H and O–H groups in total. The van der Waals surface area contributed by atoms with Gasteiger partial charge in [-0.1, -0.05) is 34.1 Å². The Balaban J connectivity index is 0.000000675. The quantitative estimate of drug-likeness (QED) is 0.240. The van der Waals surface area contributed by atoms with Crippen molar-refractivity contribution >= 4 is 35.7 Å². The van der Waals surface area contributed by atoms with Crippen LogP contribution in [-0.4, -0.2) is 64.0 Å². The minimum Gasteiger partial charge on any atom is -0.480 e. The number of pyridine rings is 1. The summed E-state index contributed by atoms with van der Waals surface area (Å²) in [5.74, 6) is -2.67. The highest BCUT2D eigenvalue weighted by Gasteiger charge is 2.21. The Morgan fingerprint density at radius 3 is 2.35 bits per heavy atom. The lowest BCUT2D eigenvalue weighted by Gasteiger charge is -2.18. The molecule has 2 aromatic rings. The van der Waals surface area contributed by atoms with Crippen LogP contribution in [0.5, 0.6) is 0 Å². The van der Waals surface area contributed by atoms with Gasteiger partial charge < -0.3 is 26.4 Å².